The van der Waals surface area contributed by atoms with Crippen molar-refractivity contribution in [1.29, 1.82) is 0 Å². The van der Waals surface area contributed by atoms with Crippen LogP contribution in [0.1, 0.15) is 18.2 Å². The molecule has 0 saturated carbocycles. The fraction of sp³-hybridized carbons (Fsp3) is 0.250. The molecule has 1 rings (SSSR count). The summed E-state index contributed by atoms with van der Waals surface area (Å²) in [6.07, 6.45) is -0.229. The zero-order valence-corrected chi connectivity index (χ0v) is 8.59. The second kappa shape index (κ2) is 4.59. The molecule has 1 unspecified atom stereocenters. The van der Waals surface area contributed by atoms with Gasteiger partial charge >= 0.3 is 5.97 Å². The molecule has 0 spiro atoms. The summed E-state index contributed by atoms with van der Waals surface area (Å²) < 4.78 is 0. The van der Waals surface area contributed by atoms with E-state index in [2.05, 4.69) is 4.98 Å². The van der Waals surface area contributed by atoms with E-state index in [0.717, 1.165) is 0 Å². The maximum Gasteiger partial charge on any atom is 0.305 e. The number of rotatable bonds is 3. The summed E-state index contributed by atoms with van der Waals surface area (Å²) in [5.41, 5.74) is 5.89. The third-order valence-corrected chi connectivity index (χ3v) is 2.12. The molecule has 1 aromatic rings. The predicted octanol–water partition coefficient (Wildman–Crippen LogP) is 1.86. The van der Waals surface area contributed by atoms with E-state index >= 15 is 0 Å². The molecule has 0 aromatic carbocycles. The van der Waals surface area contributed by atoms with Crippen molar-refractivity contribution in [2.75, 3.05) is 0 Å². The number of carboxylic acids is 1. The van der Waals surface area contributed by atoms with Crippen LogP contribution in [0.25, 0.3) is 0 Å². The highest BCUT2D eigenvalue weighted by molar-refractivity contribution is 6.32. The van der Waals surface area contributed by atoms with Gasteiger partial charge in [0.1, 0.15) is 5.15 Å². The van der Waals surface area contributed by atoms with Gasteiger partial charge in [0.2, 0.25) is 0 Å². The second-order valence-electron chi connectivity index (χ2n) is 2.71. The molecule has 0 fully saturated rings. The Kier molecular flexibility index (Phi) is 3.69. The maximum absolute atomic E-state index is 10.4. The largest absolute Gasteiger partial charge is 0.481 e. The first-order valence-electron chi connectivity index (χ1n) is 3.80. The van der Waals surface area contributed by atoms with E-state index < -0.39 is 12.0 Å². The molecule has 14 heavy (non-hydrogen) atoms. The van der Waals surface area contributed by atoms with Gasteiger partial charge in [0.15, 0.2) is 0 Å². The lowest BCUT2D eigenvalue weighted by atomic mass is 10.1. The van der Waals surface area contributed by atoms with Crippen molar-refractivity contribution in [3.8, 4) is 0 Å². The van der Waals surface area contributed by atoms with E-state index in [1.807, 2.05) is 0 Å². The molecule has 0 aliphatic heterocycles. The van der Waals surface area contributed by atoms with Gasteiger partial charge in [0.05, 0.1) is 23.2 Å². The van der Waals surface area contributed by atoms with Crippen molar-refractivity contribution in [3.63, 3.8) is 0 Å². The highest BCUT2D eigenvalue weighted by Gasteiger charge is 2.15. The number of pyridine rings is 1. The summed E-state index contributed by atoms with van der Waals surface area (Å²) in [4.78, 5) is 14.3. The zero-order chi connectivity index (χ0) is 10.7. The number of aromatic nitrogens is 1. The van der Waals surface area contributed by atoms with Crippen molar-refractivity contribution in [2.24, 2.45) is 5.73 Å². The molecule has 1 aromatic heterocycles. The van der Waals surface area contributed by atoms with Crippen LogP contribution in [0.4, 0.5) is 0 Å². The van der Waals surface area contributed by atoms with E-state index in [9.17, 15) is 4.79 Å². The van der Waals surface area contributed by atoms with Gasteiger partial charge in [0.25, 0.3) is 0 Å². The number of halogens is 2. The molecule has 6 heteroatoms. The van der Waals surface area contributed by atoms with E-state index in [1.165, 1.54) is 12.1 Å². The van der Waals surface area contributed by atoms with Crippen LogP contribution in [-0.2, 0) is 4.79 Å². The average molecular weight is 235 g/mol. The number of hydrogen-bond acceptors (Lipinski definition) is 3. The standard InChI is InChI=1S/C8H8Cl2N2O2/c9-4-1-2-6(10)12-8(4)5(11)3-7(13)14/h1-2,5H,3,11H2,(H,13,14). The Morgan fingerprint density at radius 2 is 2.21 bits per heavy atom. The summed E-state index contributed by atoms with van der Waals surface area (Å²) in [7, 11) is 0. The van der Waals surface area contributed by atoms with Crippen LogP contribution >= 0.6 is 23.2 Å². The van der Waals surface area contributed by atoms with Gasteiger partial charge in [-0.05, 0) is 12.1 Å². The Morgan fingerprint density at radius 1 is 1.57 bits per heavy atom. The molecular weight excluding hydrogens is 227 g/mol. The minimum Gasteiger partial charge on any atom is -0.481 e. The van der Waals surface area contributed by atoms with Gasteiger partial charge in [0, 0.05) is 0 Å². The number of nitrogens with two attached hydrogens (primary N) is 1. The van der Waals surface area contributed by atoms with E-state index in [4.69, 9.17) is 34.0 Å². The van der Waals surface area contributed by atoms with Crippen molar-refractivity contribution in [3.05, 3.63) is 28.0 Å². The molecule has 4 nitrogen and oxygen atoms in total. The maximum atomic E-state index is 10.4. The molecule has 0 bridgehead atoms. The van der Waals surface area contributed by atoms with Crippen LogP contribution in [0.5, 0.6) is 0 Å². The summed E-state index contributed by atoms with van der Waals surface area (Å²) in [5.74, 6) is -1.00. The summed E-state index contributed by atoms with van der Waals surface area (Å²) in [6.45, 7) is 0. The Labute approximate surface area is 90.6 Å². The van der Waals surface area contributed by atoms with E-state index in [0.29, 0.717) is 10.7 Å². The topological polar surface area (TPSA) is 76.2 Å². The van der Waals surface area contributed by atoms with Gasteiger partial charge in [-0.3, -0.25) is 4.79 Å². The van der Waals surface area contributed by atoms with Gasteiger partial charge in [-0.25, -0.2) is 4.98 Å². The molecule has 1 atom stereocenters. The number of hydrogen-bond donors (Lipinski definition) is 2. The second-order valence-corrected chi connectivity index (χ2v) is 3.50. The quantitative estimate of drug-likeness (QED) is 0.784. The average Bonchev–Trinajstić information content (AvgIpc) is 2.08. The first kappa shape index (κ1) is 11.2. The van der Waals surface area contributed by atoms with Crippen LogP contribution in [0.3, 0.4) is 0 Å². The third-order valence-electron chi connectivity index (χ3n) is 1.58. The number of aliphatic carboxylic acids is 1. The predicted molar refractivity (Wildman–Crippen MR) is 53.4 cm³/mol. The highest BCUT2D eigenvalue weighted by atomic mass is 35.5. The Balaban J connectivity index is 2.93. The molecule has 0 aliphatic carbocycles. The first-order valence-corrected chi connectivity index (χ1v) is 4.55. The normalized spacial score (nSPS) is 12.5. The highest BCUT2D eigenvalue weighted by Crippen LogP contribution is 2.23. The van der Waals surface area contributed by atoms with Crippen LogP contribution in [0.15, 0.2) is 12.1 Å². The molecule has 0 radical (unpaired) electrons. The van der Waals surface area contributed by atoms with Crippen molar-refractivity contribution in [2.45, 2.75) is 12.5 Å². The first-order chi connectivity index (χ1) is 6.50. The lowest BCUT2D eigenvalue weighted by molar-refractivity contribution is -0.137. The fourth-order valence-electron chi connectivity index (χ4n) is 0.978. The van der Waals surface area contributed by atoms with Gasteiger partial charge < -0.3 is 10.8 Å². The number of nitrogens with zero attached hydrogens (tertiary/aromatic N) is 1. The number of carbonyl (C=O) groups is 1. The van der Waals surface area contributed by atoms with Crippen molar-refractivity contribution >= 4 is 29.2 Å². The van der Waals surface area contributed by atoms with Gasteiger partial charge in [-0.2, -0.15) is 0 Å². The minimum absolute atomic E-state index is 0.229. The molecule has 1 heterocycles. The van der Waals surface area contributed by atoms with Gasteiger partial charge in [-0.1, -0.05) is 23.2 Å². The Bertz CT molecular complexity index is 357. The molecule has 0 amide bonds. The SMILES string of the molecule is NC(CC(=O)O)c1nc(Cl)ccc1Cl. The molecular formula is C8H8Cl2N2O2. The third kappa shape index (κ3) is 2.83. The van der Waals surface area contributed by atoms with Crippen molar-refractivity contribution < 1.29 is 9.90 Å². The lowest BCUT2D eigenvalue weighted by Gasteiger charge is -2.09. The van der Waals surface area contributed by atoms with E-state index in [1.54, 1.807) is 0 Å². The summed E-state index contributed by atoms with van der Waals surface area (Å²) in [5, 5.41) is 9.08. The summed E-state index contributed by atoms with van der Waals surface area (Å²) in [6, 6.07) is 2.31. The molecule has 0 aliphatic rings. The number of carboxylic acid groups (broad SMARTS) is 1. The van der Waals surface area contributed by atoms with Crippen LogP contribution in [-0.4, -0.2) is 16.1 Å². The summed E-state index contributed by atoms with van der Waals surface area (Å²) >= 11 is 11.4. The Hall–Kier alpha value is -0.840. The van der Waals surface area contributed by atoms with Gasteiger partial charge in [-0.15, -0.1) is 0 Å². The van der Waals surface area contributed by atoms with Crippen molar-refractivity contribution in [1.82, 2.24) is 4.98 Å². The molecule has 3 N–H and O–H groups in total. The minimum atomic E-state index is -1.00. The molecule has 76 valence electrons. The van der Waals surface area contributed by atoms with E-state index in [-0.39, 0.29) is 11.6 Å². The monoisotopic (exact) mass is 234 g/mol. The smallest absolute Gasteiger partial charge is 0.305 e. The fourth-order valence-corrected chi connectivity index (χ4v) is 1.38. The lowest BCUT2D eigenvalue weighted by Crippen LogP contribution is -2.16. The van der Waals surface area contributed by atoms with Crippen LogP contribution in [0, 0.1) is 0 Å². The zero-order valence-electron chi connectivity index (χ0n) is 7.08. The molecule has 0 saturated heterocycles. The van der Waals surface area contributed by atoms with Crippen LogP contribution in [0.2, 0.25) is 10.2 Å². The van der Waals surface area contributed by atoms with Crippen LogP contribution < -0.4 is 5.73 Å². The Morgan fingerprint density at radius 3 is 2.79 bits per heavy atom.